The van der Waals surface area contributed by atoms with Gasteiger partial charge in [0.25, 0.3) is 0 Å². The van der Waals surface area contributed by atoms with Crippen LogP contribution in [0.4, 0.5) is 0 Å². The number of hydrogen-bond donors (Lipinski definition) is 1. The van der Waals surface area contributed by atoms with Crippen molar-refractivity contribution in [2.24, 2.45) is 17.6 Å². The molecule has 0 spiro atoms. The second kappa shape index (κ2) is 5.45. The second-order valence-corrected chi connectivity index (χ2v) is 6.79. The Balaban J connectivity index is 2.10. The van der Waals surface area contributed by atoms with E-state index in [4.69, 9.17) is 5.73 Å². The van der Waals surface area contributed by atoms with Crippen molar-refractivity contribution < 1.29 is 0 Å². The third-order valence-electron chi connectivity index (χ3n) is 3.79. The Morgan fingerprint density at radius 2 is 1.88 bits per heavy atom. The van der Waals surface area contributed by atoms with Crippen molar-refractivity contribution in [2.75, 3.05) is 0 Å². The van der Waals surface area contributed by atoms with Crippen LogP contribution in [0.2, 0.25) is 0 Å². The molecule has 4 unspecified atom stereocenters. The zero-order valence-corrected chi connectivity index (χ0v) is 11.8. The fourth-order valence-electron chi connectivity index (χ4n) is 2.92. The van der Waals surface area contributed by atoms with Gasteiger partial charge in [0.15, 0.2) is 0 Å². The molecular weight excluding hydrogens is 226 g/mol. The standard InChI is InChI=1S/C15H23NS/c1-10-8-12(3)15(13(16)9-10)17-14-7-5-4-6-11(14)2/h4-7,10,12-13,15H,8-9,16H2,1-3H3. The molecule has 0 bridgehead atoms. The van der Waals surface area contributed by atoms with Crippen molar-refractivity contribution in [3.8, 4) is 0 Å². The van der Waals surface area contributed by atoms with Gasteiger partial charge in [-0.1, -0.05) is 32.0 Å². The second-order valence-electron chi connectivity index (χ2n) is 5.57. The summed E-state index contributed by atoms with van der Waals surface area (Å²) < 4.78 is 0. The predicted molar refractivity (Wildman–Crippen MR) is 76.4 cm³/mol. The Morgan fingerprint density at radius 3 is 2.53 bits per heavy atom. The minimum atomic E-state index is 0.346. The molecule has 1 aromatic rings. The third-order valence-corrected chi connectivity index (χ3v) is 5.59. The molecular formula is C15H23NS. The fraction of sp³-hybridized carbons (Fsp3) is 0.600. The van der Waals surface area contributed by atoms with Crippen LogP contribution < -0.4 is 5.73 Å². The Morgan fingerprint density at radius 1 is 1.18 bits per heavy atom. The maximum Gasteiger partial charge on any atom is 0.0272 e. The van der Waals surface area contributed by atoms with Crippen molar-refractivity contribution in [1.82, 2.24) is 0 Å². The number of rotatable bonds is 2. The number of benzene rings is 1. The SMILES string of the molecule is Cc1ccccc1SC1C(C)CC(C)CC1N. The van der Waals surface area contributed by atoms with Gasteiger partial charge in [0.2, 0.25) is 0 Å². The molecule has 2 rings (SSSR count). The Bertz CT molecular complexity index is 365. The number of nitrogens with two attached hydrogens (primary N) is 1. The van der Waals surface area contributed by atoms with Crippen LogP contribution in [0.15, 0.2) is 29.2 Å². The molecule has 1 fully saturated rings. The molecule has 0 aliphatic heterocycles. The smallest absolute Gasteiger partial charge is 0.0272 e. The van der Waals surface area contributed by atoms with Crippen LogP contribution in [0.1, 0.15) is 32.3 Å². The van der Waals surface area contributed by atoms with Gasteiger partial charge in [0.1, 0.15) is 0 Å². The van der Waals surface area contributed by atoms with E-state index in [9.17, 15) is 0 Å². The highest BCUT2D eigenvalue weighted by atomic mass is 32.2. The summed E-state index contributed by atoms with van der Waals surface area (Å²) in [6.45, 7) is 6.86. The normalized spacial score (nSPS) is 33.6. The largest absolute Gasteiger partial charge is 0.327 e. The van der Waals surface area contributed by atoms with Gasteiger partial charge in [-0.25, -0.2) is 0 Å². The fourth-order valence-corrected chi connectivity index (χ4v) is 4.26. The lowest BCUT2D eigenvalue weighted by molar-refractivity contribution is 0.279. The summed E-state index contributed by atoms with van der Waals surface area (Å²) in [7, 11) is 0. The van der Waals surface area contributed by atoms with E-state index in [2.05, 4.69) is 45.0 Å². The molecule has 0 radical (unpaired) electrons. The van der Waals surface area contributed by atoms with Crippen LogP contribution in [-0.4, -0.2) is 11.3 Å². The summed E-state index contributed by atoms with van der Waals surface area (Å²) in [4.78, 5) is 1.40. The van der Waals surface area contributed by atoms with Crippen molar-refractivity contribution >= 4 is 11.8 Å². The maximum atomic E-state index is 6.34. The number of aryl methyl sites for hydroxylation is 1. The molecule has 0 heterocycles. The van der Waals surface area contributed by atoms with Gasteiger partial charge >= 0.3 is 0 Å². The molecule has 0 amide bonds. The highest BCUT2D eigenvalue weighted by Gasteiger charge is 2.32. The lowest BCUT2D eigenvalue weighted by Crippen LogP contribution is -2.42. The lowest BCUT2D eigenvalue weighted by Gasteiger charge is -2.37. The lowest BCUT2D eigenvalue weighted by atomic mass is 9.80. The molecule has 0 saturated heterocycles. The van der Waals surface area contributed by atoms with Crippen molar-refractivity contribution in [2.45, 2.75) is 49.8 Å². The molecule has 1 aromatic carbocycles. The van der Waals surface area contributed by atoms with Gasteiger partial charge in [-0.15, -0.1) is 11.8 Å². The molecule has 1 aliphatic rings. The van der Waals surface area contributed by atoms with E-state index in [1.807, 2.05) is 11.8 Å². The molecule has 4 atom stereocenters. The van der Waals surface area contributed by atoms with Crippen LogP contribution in [0.3, 0.4) is 0 Å². The first-order valence-corrected chi connectivity index (χ1v) is 7.43. The van der Waals surface area contributed by atoms with E-state index in [1.165, 1.54) is 23.3 Å². The molecule has 1 nitrogen and oxygen atoms in total. The van der Waals surface area contributed by atoms with Crippen molar-refractivity contribution in [3.05, 3.63) is 29.8 Å². The molecule has 1 saturated carbocycles. The topological polar surface area (TPSA) is 26.0 Å². The first-order valence-electron chi connectivity index (χ1n) is 6.55. The Labute approximate surface area is 109 Å². The summed E-state index contributed by atoms with van der Waals surface area (Å²) in [5, 5.41) is 0.576. The quantitative estimate of drug-likeness (QED) is 0.861. The van der Waals surface area contributed by atoms with E-state index >= 15 is 0 Å². The van der Waals surface area contributed by atoms with Gasteiger partial charge in [-0.2, -0.15) is 0 Å². The van der Waals surface area contributed by atoms with E-state index < -0.39 is 0 Å². The van der Waals surface area contributed by atoms with Crippen molar-refractivity contribution in [1.29, 1.82) is 0 Å². The zero-order valence-electron chi connectivity index (χ0n) is 11.0. The summed E-state index contributed by atoms with van der Waals surface area (Å²) in [5.74, 6) is 1.51. The predicted octanol–water partition coefficient (Wildman–Crippen LogP) is 3.85. The highest BCUT2D eigenvalue weighted by molar-refractivity contribution is 8.00. The molecule has 94 valence electrons. The van der Waals surface area contributed by atoms with Crippen molar-refractivity contribution in [3.63, 3.8) is 0 Å². The minimum absolute atomic E-state index is 0.346. The Hall–Kier alpha value is -0.470. The van der Waals surface area contributed by atoms with Crippen LogP contribution in [-0.2, 0) is 0 Å². The van der Waals surface area contributed by atoms with E-state index in [0.717, 1.165) is 11.8 Å². The van der Waals surface area contributed by atoms with Gasteiger partial charge in [0, 0.05) is 16.2 Å². The summed E-state index contributed by atoms with van der Waals surface area (Å²) in [5.41, 5.74) is 7.71. The molecule has 2 N–H and O–H groups in total. The number of hydrogen-bond acceptors (Lipinski definition) is 2. The van der Waals surface area contributed by atoms with E-state index in [0.29, 0.717) is 11.3 Å². The minimum Gasteiger partial charge on any atom is -0.327 e. The summed E-state index contributed by atoms with van der Waals surface area (Å²) in [6, 6.07) is 8.97. The van der Waals surface area contributed by atoms with Gasteiger partial charge in [-0.05, 0) is 43.2 Å². The number of thioether (sulfide) groups is 1. The average molecular weight is 249 g/mol. The maximum absolute atomic E-state index is 6.34. The molecule has 2 heteroatoms. The summed E-state index contributed by atoms with van der Waals surface area (Å²) in [6.07, 6.45) is 2.49. The average Bonchev–Trinajstić information content (AvgIpc) is 2.25. The monoisotopic (exact) mass is 249 g/mol. The van der Waals surface area contributed by atoms with Crippen LogP contribution in [0.5, 0.6) is 0 Å². The molecule has 0 aromatic heterocycles. The van der Waals surface area contributed by atoms with Gasteiger partial charge < -0.3 is 5.73 Å². The van der Waals surface area contributed by atoms with Crippen LogP contribution >= 0.6 is 11.8 Å². The zero-order chi connectivity index (χ0) is 12.4. The van der Waals surface area contributed by atoms with E-state index in [1.54, 1.807) is 0 Å². The van der Waals surface area contributed by atoms with Gasteiger partial charge in [0.05, 0.1) is 0 Å². The summed E-state index contributed by atoms with van der Waals surface area (Å²) >= 11 is 1.98. The first kappa shape index (κ1) is 13.0. The van der Waals surface area contributed by atoms with Crippen LogP contribution in [0, 0.1) is 18.8 Å². The van der Waals surface area contributed by atoms with Crippen LogP contribution in [0.25, 0.3) is 0 Å². The van der Waals surface area contributed by atoms with Gasteiger partial charge in [-0.3, -0.25) is 0 Å². The molecule has 17 heavy (non-hydrogen) atoms. The third kappa shape index (κ3) is 3.05. The first-order chi connectivity index (χ1) is 8.08. The van der Waals surface area contributed by atoms with E-state index in [-0.39, 0.29) is 0 Å². The Kier molecular flexibility index (Phi) is 4.16. The highest BCUT2D eigenvalue weighted by Crippen LogP contribution is 2.39. The molecule has 1 aliphatic carbocycles.